The fraction of sp³-hybridized carbons (Fsp3) is 0.333. The van der Waals surface area contributed by atoms with Gasteiger partial charge in [-0.2, -0.15) is 5.10 Å². The Morgan fingerprint density at radius 3 is 2.53 bits per heavy atom. The summed E-state index contributed by atoms with van der Waals surface area (Å²) in [7, 11) is 0. The van der Waals surface area contributed by atoms with Gasteiger partial charge in [0.2, 0.25) is 0 Å². The second-order valence-corrected chi connectivity index (χ2v) is 3.88. The van der Waals surface area contributed by atoms with Gasteiger partial charge >= 0.3 is 0 Å². The van der Waals surface area contributed by atoms with Crippen LogP contribution in [0.5, 0.6) is 0 Å². The quantitative estimate of drug-likeness (QED) is 0.261. The highest BCUT2D eigenvalue weighted by Crippen LogP contribution is 2.16. The molecule has 0 aromatic rings. The van der Waals surface area contributed by atoms with Crippen LogP contribution in [0.25, 0.3) is 0 Å². The van der Waals surface area contributed by atoms with Crippen LogP contribution in [-0.4, -0.2) is 18.7 Å². The van der Waals surface area contributed by atoms with Crippen molar-refractivity contribution in [2.75, 3.05) is 0 Å². The molecule has 0 saturated heterocycles. The Labute approximate surface area is 107 Å². The second-order valence-electron chi connectivity index (χ2n) is 3.47. The molecule has 4 nitrogen and oxygen atoms in total. The van der Waals surface area contributed by atoms with E-state index < -0.39 is 5.91 Å². The highest BCUT2D eigenvalue weighted by atomic mass is 35.5. The van der Waals surface area contributed by atoms with Gasteiger partial charge < -0.3 is 4.74 Å². The van der Waals surface area contributed by atoms with E-state index in [1.165, 1.54) is 12.2 Å². The van der Waals surface area contributed by atoms with Crippen molar-refractivity contribution in [3.63, 3.8) is 0 Å². The summed E-state index contributed by atoms with van der Waals surface area (Å²) < 4.78 is 5.40. The molecule has 0 fully saturated rings. The second kappa shape index (κ2) is 7.68. The van der Waals surface area contributed by atoms with Gasteiger partial charge in [-0.1, -0.05) is 24.3 Å². The number of allylic oxidation sites excluding steroid dienone is 3. The molecule has 0 heterocycles. The summed E-state index contributed by atoms with van der Waals surface area (Å²) in [4.78, 5) is 11.4. The lowest BCUT2D eigenvalue weighted by Gasteiger charge is -2.10. The maximum absolute atomic E-state index is 11.4. The SMILES string of the molecule is C=C/C(=C\C(Cl)=C(/C)OC(C)C)C(=O)NN=C. The fourth-order valence-corrected chi connectivity index (χ4v) is 1.16. The Hall–Kier alpha value is -1.55. The first-order chi connectivity index (χ1) is 7.92. The molecule has 0 radical (unpaired) electrons. The first-order valence-electron chi connectivity index (χ1n) is 5.05. The summed E-state index contributed by atoms with van der Waals surface area (Å²) in [6, 6.07) is 0. The lowest BCUT2D eigenvalue weighted by Crippen LogP contribution is -2.18. The minimum Gasteiger partial charge on any atom is -0.494 e. The lowest BCUT2D eigenvalue weighted by atomic mass is 10.2. The Morgan fingerprint density at radius 1 is 1.53 bits per heavy atom. The summed E-state index contributed by atoms with van der Waals surface area (Å²) in [6.45, 7) is 12.2. The number of carbonyl (C=O) groups is 1. The molecule has 1 amide bonds. The zero-order valence-electron chi connectivity index (χ0n) is 10.3. The number of nitrogens with one attached hydrogen (secondary N) is 1. The third-order valence-corrected chi connectivity index (χ3v) is 2.07. The number of hydrogen-bond acceptors (Lipinski definition) is 3. The van der Waals surface area contributed by atoms with E-state index in [1.54, 1.807) is 6.92 Å². The first kappa shape index (κ1) is 15.4. The summed E-state index contributed by atoms with van der Waals surface area (Å²) in [5.74, 6) is 0.117. The van der Waals surface area contributed by atoms with Crippen LogP contribution in [0, 0.1) is 0 Å². The summed E-state index contributed by atoms with van der Waals surface area (Å²) in [6.07, 6.45) is 2.87. The van der Waals surface area contributed by atoms with E-state index in [1.807, 2.05) is 13.8 Å². The maximum atomic E-state index is 11.4. The van der Waals surface area contributed by atoms with Crippen molar-refractivity contribution in [2.24, 2.45) is 5.10 Å². The minimum atomic E-state index is -0.425. The number of nitrogens with zero attached hydrogens (tertiary/aromatic N) is 1. The summed E-state index contributed by atoms with van der Waals surface area (Å²) in [5, 5.41) is 3.62. The molecule has 0 aromatic carbocycles. The van der Waals surface area contributed by atoms with E-state index in [0.29, 0.717) is 10.8 Å². The van der Waals surface area contributed by atoms with Gasteiger partial charge in [-0.05, 0) is 26.8 Å². The molecule has 17 heavy (non-hydrogen) atoms. The third-order valence-electron chi connectivity index (χ3n) is 1.69. The highest BCUT2D eigenvalue weighted by molar-refractivity contribution is 6.31. The van der Waals surface area contributed by atoms with E-state index in [4.69, 9.17) is 16.3 Å². The smallest absolute Gasteiger partial charge is 0.271 e. The zero-order chi connectivity index (χ0) is 13.4. The minimum absolute atomic E-state index is 0.0213. The van der Waals surface area contributed by atoms with Crippen molar-refractivity contribution in [1.82, 2.24) is 5.43 Å². The first-order valence-corrected chi connectivity index (χ1v) is 5.43. The molecule has 0 atom stereocenters. The molecule has 0 rings (SSSR count). The predicted octanol–water partition coefficient (Wildman–Crippen LogP) is 2.73. The van der Waals surface area contributed by atoms with Crippen LogP contribution in [0.2, 0.25) is 0 Å². The highest BCUT2D eigenvalue weighted by Gasteiger charge is 2.07. The molecule has 0 aliphatic rings. The van der Waals surface area contributed by atoms with E-state index in [9.17, 15) is 4.79 Å². The molecule has 94 valence electrons. The van der Waals surface area contributed by atoms with Crippen LogP contribution in [0.15, 0.2) is 40.2 Å². The van der Waals surface area contributed by atoms with Crippen molar-refractivity contribution in [3.8, 4) is 0 Å². The average Bonchev–Trinajstić information content (AvgIpc) is 2.24. The van der Waals surface area contributed by atoms with Gasteiger partial charge in [0.25, 0.3) is 5.91 Å². The molecule has 0 aromatic heterocycles. The van der Waals surface area contributed by atoms with Crippen molar-refractivity contribution < 1.29 is 9.53 Å². The Kier molecular flexibility index (Phi) is 6.98. The van der Waals surface area contributed by atoms with Gasteiger partial charge in [-0.25, -0.2) is 5.43 Å². The van der Waals surface area contributed by atoms with Gasteiger partial charge in [0.1, 0.15) is 5.76 Å². The van der Waals surface area contributed by atoms with Crippen LogP contribution >= 0.6 is 11.6 Å². The standard InChI is InChI=1S/C12H17ClN2O2/c1-6-10(12(16)15-14-5)7-11(13)9(4)17-8(2)3/h6-8H,1,5H2,2-4H3,(H,15,16)/b10-7+,11-9-. The van der Waals surface area contributed by atoms with Crippen molar-refractivity contribution in [1.29, 1.82) is 0 Å². The van der Waals surface area contributed by atoms with Crippen LogP contribution in [-0.2, 0) is 9.53 Å². The lowest BCUT2D eigenvalue weighted by molar-refractivity contribution is -0.117. The molecular formula is C12H17ClN2O2. The third kappa shape index (κ3) is 5.92. The number of rotatable bonds is 6. The van der Waals surface area contributed by atoms with E-state index in [2.05, 4.69) is 23.8 Å². The van der Waals surface area contributed by atoms with Crippen LogP contribution in [0.1, 0.15) is 20.8 Å². The molecule has 0 bridgehead atoms. The number of carbonyl (C=O) groups excluding carboxylic acids is 1. The molecule has 0 spiro atoms. The van der Waals surface area contributed by atoms with Crippen molar-refractivity contribution in [3.05, 3.63) is 35.1 Å². The monoisotopic (exact) mass is 256 g/mol. The molecule has 1 N–H and O–H groups in total. The number of amides is 1. The molecule has 0 aliphatic heterocycles. The topological polar surface area (TPSA) is 50.7 Å². The summed E-state index contributed by atoms with van der Waals surface area (Å²) >= 11 is 6.00. The largest absolute Gasteiger partial charge is 0.494 e. The molecule has 0 saturated carbocycles. The van der Waals surface area contributed by atoms with Crippen LogP contribution < -0.4 is 5.43 Å². The molecule has 0 aliphatic carbocycles. The number of hydrazone groups is 1. The molecule has 5 heteroatoms. The van der Waals surface area contributed by atoms with Crippen molar-refractivity contribution >= 4 is 24.2 Å². The Morgan fingerprint density at radius 2 is 2.12 bits per heavy atom. The van der Waals surface area contributed by atoms with Gasteiger partial charge in [-0.3, -0.25) is 4.79 Å². The maximum Gasteiger partial charge on any atom is 0.271 e. The molecular weight excluding hydrogens is 240 g/mol. The van der Waals surface area contributed by atoms with Gasteiger partial charge in [-0.15, -0.1) is 0 Å². The van der Waals surface area contributed by atoms with E-state index in [0.717, 1.165) is 0 Å². The van der Waals surface area contributed by atoms with Gasteiger partial charge in [0.15, 0.2) is 0 Å². The van der Waals surface area contributed by atoms with Gasteiger partial charge in [0.05, 0.1) is 11.1 Å². The van der Waals surface area contributed by atoms with Gasteiger partial charge in [0, 0.05) is 12.3 Å². The number of halogens is 1. The Bertz CT molecular complexity index is 371. The van der Waals surface area contributed by atoms with Crippen molar-refractivity contribution in [2.45, 2.75) is 26.9 Å². The van der Waals surface area contributed by atoms with E-state index >= 15 is 0 Å². The average molecular weight is 257 g/mol. The van der Waals surface area contributed by atoms with Crippen LogP contribution in [0.3, 0.4) is 0 Å². The fourth-order valence-electron chi connectivity index (χ4n) is 1.00. The number of ether oxygens (including phenoxy) is 1. The zero-order valence-corrected chi connectivity index (χ0v) is 11.0. The van der Waals surface area contributed by atoms with E-state index in [-0.39, 0.29) is 11.7 Å². The normalized spacial score (nSPS) is 12.9. The molecule has 0 unspecified atom stereocenters. The number of hydrogen-bond donors (Lipinski definition) is 1. The predicted molar refractivity (Wildman–Crippen MR) is 70.7 cm³/mol. The van der Waals surface area contributed by atoms with Crippen LogP contribution in [0.4, 0.5) is 0 Å². The summed E-state index contributed by atoms with van der Waals surface area (Å²) in [5.41, 5.74) is 2.48. The Balaban J connectivity index is 5.00.